The fourth-order valence-electron chi connectivity index (χ4n) is 1.08. The predicted octanol–water partition coefficient (Wildman–Crippen LogP) is 0.516. The Kier molecular flexibility index (Phi) is 4.49. The minimum Gasteiger partial charge on any atom is -0.241 e. The van der Waals surface area contributed by atoms with Crippen LogP contribution in [0.5, 0.6) is 0 Å². The van der Waals surface area contributed by atoms with E-state index >= 15 is 0 Å². The number of hydrogen-bond acceptors (Lipinski definition) is 5. The van der Waals surface area contributed by atoms with Crippen molar-refractivity contribution in [2.24, 2.45) is 0 Å². The number of rotatable bonds is 5. The van der Waals surface area contributed by atoms with Crippen molar-refractivity contribution in [3.05, 3.63) is 29.8 Å². The molecule has 0 atom stereocenters. The van der Waals surface area contributed by atoms with Gasteiger partial charge in [0.25, 0.3) is 8.87 Å². The predicted molar refractivity (Wildman–Crippen MR) is 68.7 cm³/mol. The highest BCUT2D eigenvalue weighted by molar-refractivity contribution is 8.66. The Bertz CT molecular complexity index is 604. The second-order valence-electron chi connectivity index (χ2n) is 4.12. The van der Waals surface area contributed by atoms with Crippen LogP contribution in [0, 0.1) is 6.92 Å². The van der Waals surface area contributed by atoms with Crippen LogP contribution in [-0.4, -0.2) is 22.9 Å². The highest BCUT2D eigenvalue weighted by Gasteiger charge is 2.31. The topological polar surface area (TPSA) is 92.3 Å². The average Bonchev–Trinajstić information content (AvgIpc) is 2.27. The van der Waals surface area contributed by atoms with Gasteiger partial charge in [0.05, 0.1) is 4.90 Å². The van der Waals surface area contributed by atoms with Crippen LogP contribution in [0.15, 0.2) is 29.2 Å². The third-order valence-corrected chi connectivity index (χ3v) is 6.43. The van der Waals surface area contributed by atoms with Crippen molar-refractivity contribution >= 4 is 17.9 Å². The molecule has 0 saturated carbocycles. The SMILES string of the molecule is Cc1ccc(S(=O)(=O)S(=O)(=O)NNC(C)C)cc1. The molecular weight excluding hydrogens is 276 g/mol. The Morgan fingerprint density at radius 1 is 1.00 bits per heavy atom. The van der Waals surface area contributed by atoms with Gasteiger partial charge in [-0.2, -0.15) is 8.42 Å². The Balaban J connectivity index is 3.10. The molecule has 1 aromatic rings. The Hall–Kier alpha value is -0.960. The third-order valence-electron chi connectivity index (χ3n) is 2.07. The number of hydrogen-bond donors (Lipinski definition) is 2. The fraction of sp³-hybridized carbons (Fsp3) is 0.400. The van der Waals surface area contributed by atoms with Gasteiger partial charge < -0.3 is 0 Å². The first-order valence-electron chi connectivity index (χ1n) is 5.26. The summed E-state index contributed by atoms with van der Waals surface area (Å²) in [7, 11) is -8.96. The van der Waals surface area contributed by atoms with E-state index in [1.165, 1.54) is 24.3 Å². The minimum atomic E-state index is -4.51. The lowest BCUT2D eigenvalue weighted by Gasteiger charge is -2.11. The van der Waals surface area contributed by atoms with Crippen LogP contribution in [0.2, 0.25) is 0 Å². The van der Waals surface area contributed by atoms with Crippen LogP contribution >= 0.6 is 0 Å². The van der Waals surface area contributed by atoms with E-state index in [1.54, 1.807) is 20.8 Å². The molecule has 1 aromatic carbocycles. The molecule has 0 heterocycles. The molecule has 0 saturated heterocycles. The van der Waals surface area contributed by atoms with E-state index < -0.39 is 17.9 Å². The van der Waals surface area contributed by atoms with Crippen molar-refractivity contribution in [1.82, 2.24) is 10.3 Å². The van der Waals surface area contributed by atoms with Gasteiger partial charge in [0.1, 0.15) is 0 Å². The van der Waals surface area contributed by atoms with Gasteiger partial charge in [0.2, 0.25) is 0 Å². The van der Waals surface area contributed by atoms with Gasteiger partial charge in [-0.1, -0.05) is 17.7 Å². The summed E-state index contributed by atoms with van der Waals surface area (Å²) in [6.45, 7) is 5.14. The number of nitrogens with one attached hydrogen (secondary N) is 2. The molecule has 8 heteroatoms. The number of benzene rings is 1. The molecular formula is C10H16N2O4S2. The van der Waals surface area contributed by atoms with Crippen LogP contribution in [-0.2, 0) is 17.9 Å². The van der Waals surface area contributed by atoms with E-state index in [9.17, 15) is 16.8 Å². The first-order chi connectivity index (χ1) is 8.17. The standard InChI is InChI=1S/C10H16N2O4S2/c1-8(2)11-12-18(15,16)17(13,14)10-6-4-9(3)5-7-10/h4-8,11-12H,1-3H3. The van der Waals surface area contributed by atoms with E-state index in [2.05, 4.69) is 5.43 Å². The fourth-order valence-corrected chi connectivity index (χ4v) is 3.86. The van der Waals surface area contributed by atoms with E-state index in [1.807, 2.05) is 4.83 Å². The van der Waals surface area contributed by atoms with Crippen molar-refractivity contribution in [3.8, 4) is 0 Å². The zero-order valence-electron chi connectivity index (χ0n) is 10.3. The average molecular weight is 292 g/mol. The Labute approximate surface area is 107 Å². The Morgan fingerprint density at radius 3 is 1.94 bits per heavy atom. The summed E-state index contributed by atoms with van der Waals surface area (Å²) in [6.07, 6.45) is 0. The van der Waals surface area contributed by atoms with E-state index in [0.29, 0.717) is 0 Å². The molecule has 0 spiro atoms. The third kappa shape index (κ3) is 3.29. The molecule has 2 N–H and O–H groups in total. The van der Waals surface area contributed by atoms with Crippen molar-refractivity contribution in [2.75, 3.05) is 0 Å². The Morgan fingerprint density at radius 2 is 1.50 bits per heavy atom. The van der Waals surface area contributed by atoms with E-state index in [0.717, 1.165) is 5.56 Å². The molecule has 1 rings (SSSR count). The molecule has 0 aromatic heterocycles. The van der Waals surface area contributed by atoms with Crippen LogP contribution in [0.25, 0.3) is 0 Å². The molecule has 6 nitrogen and oxygen atoms in total. The molecule has 102 valence electrons. The van der Waals surface area contributed by atoms with Crippen molar-refractivity contribution < 1.29 is 16.8 Å². The number of hydrazine groups is 1. The summed E-state index contributed by atoms with van der Waals surface area (Å²) >= 11 is 0. The molecule has 0 radical (unpaired) electrons. The lowest BCUT2D eigenvalue weighted by Crippen LogP contribution is -2.44. The largest absolute Gasteiger partial charge is 0.334 e. The van der Waals surface area contributed by atoms with Crippen LogP contribution in [0.3, 0.4) is 0 Å². The van der Waals surface area contributed by atoms with E-state index in [-0.39, 0.29) is 10.9 Å². The van der Waals surface area contributed by atoms with Gasteiger partial charge in [0.15, 0.2) is 0 Å². The second kappa shape index (κ2) is 5.35. The molecule has 18 heavy (non-hydrogen) atoms. The first kappa shape index (κ1) is 15.1. The summed E-state index contributed by atoms with van der Waals surface area (Å²) in [5.41, 5.74) is 3.20. The van der Waals surface area contributed by atoms with Gasteiger partial charge in [-0.3, -0.25) is 0 Å². The molecule has 0 amide bonds. The maximum absolute atomic E-state index is 11.9. The van der Waals surface area contributed by atoms with Gasteiger partial charge in [-0.05, 0) is 32.9 Å². The lowest BCUT2D eigenvalue weighted by atomic mass is 10.2. The van der Waals surface area contributed by atoms with Crippen LogP contribution < -0.4 is 10.3 Å². The normalized spacial score (nSPS) is 12.9. The zero-order chi connectivity index (χ0) is 14.0. The minimum absolute atomic E-state index is 0.215. The highest BCUT2D eigenvalue weighted by Crippen LogP contribution is 2.16. The molecule has 0 aliphatic carbocycles. The van der Waals surface area contributed by atoms with Gasteiger partial charge >= 0.3 is 9.06 Å². The molecule has 0 bridgehead atoms. The van der Waals surface area contributed by atoms with Gasteiger partial charge in [-0.15, -0.1) is 4.83 Å². The molecule has 0 fully saturated rings. The maximum Gasteiger partial charge on any atom is 0.334 e. The van der Waals surface area contributed by atoms with Crippen LogP contribution in [0.1, 0.15) is 19.4 Å². The summed E-state index contributed by atoms with van der Waals surface area (Å²) in [5, 5.41) is 0. The maximum atomic E-state index is 11.9. The summed E-state index contributed by atoms with van der Waals surface area (Å²) in [5.74, 6) is 0. The molecule has 0 unspecified atom stereocenters. The van der Waals surface area contributed by atoms with Gasteiger partial charge in [-0.25, -0.2) is 13.8 Å². The monoisotopic (exact) mass is 292 g/mol. The quantitative estimate of drug-likeness (QED) is 0.609. The smallest absolute Gasteiger partial charge is 0.241 e. The summed E-state index contributed by atoms with van der Waals surface area (Å²) in [6, 6.07) is 5.39. The molecule has 0 aliphatic heterocycles. The van der Waals surface area contributed by atoms with Crippen molar-refractivity contribution in [1.29, 1.82) is 0 Å². The second-order valence-corrected chi connectivity index (χ2v) is 9.25. The zero-order valence-corrected chi connectivity index (χ0v) is 12.0. The van der Waals surface area contributed by atoms with Gasteiger partial charge in [0, 0.05) is 6.04 Å². The summed E-state index contributed by atoms with van der Waals surface area (Å²) in [4.78, 5) is 1.59. The van der Waals surface area contributed by atoms with E-state index in [4.69, 9.17) is 0 Å². The lowest BCUT2D eigenvalue weighted by molar-refractivity contribution is 0.526. The van der Waals surface area contributed by atoms with Crippen molar-refractivity contribution in [3.63, 3.8) is 0 Å². The molecule has 0 aliphatic rings. The number of aryl methyl sites for hydroxylation is 1. The van der Waals surface area contributed by atoms with Crippen molar-refractivity contribution in [2.45, 2.75) is 31.7 Å². The van der Waals surface area contributed by atoms with Crippen LogP contribution in [0.4, 0.5) is 0 Å². The first-order valence-corrected chi connectivity index (χ1v) is 8.74. The summed E-state index contributed by atoms with van der Waals surface area (Å²) < 4.78 is 47.1. The highest BCUT2D eigenvalue weighted by atomic mass is 33.2.